The van der Waals surface area contributed by atoms with Gasteiger partial charge in [0.25, 0.3) is 0 Å². The number of phenols is 1. The fourth-order valence-electron chi connectivity index (χ4n) is 1.95. The number of ether oxygens (including phenoxy) is 2. The fraction of sp³-hybridized carbons (Fsp3) is 0.278. The van der Waals surface area contributed by atoms with Gasteiger partial charge in [0.2, 0.25) is 0 Å². The number of carboxylic acids is 1. The van der Waals surface area contributed by atoms with E-state index in [2.05, 4.69) is 4.74 Å². The second-order valence-corrected chi connectivity index (χ2v) is 5.57. The molecule has 2 N–H and O–H groups in total. The minimum atomic E-state index is -1.17. The van der Waals surface area contributed by atoms with E-state index in [1.54, 1.807) is 0 Å². The van der Waals surface area contributed by atoms with Crippen molar-refractivity contribution in [3.8, 4) is 11.5 Å². The Morgan fingerprint density at radius 2 is 1.74 bits per heavy atom. The lowest BCUT2D eigenvalue weighted by Gasteiger charge is -2.27. The Hall–Kier alpha value is -2.53. The third kappa shape index (κ3) is 5.00. The molecule has 0 aliphatic carbocycles. The molecule has 1 fully saturated rings. The Kier molecular flexibility index (Phi) is 5.24. The summed E-state index contributed by atoms with van der Waals surface area (Å²) in [5.74, 6) is -1.06. The SMILES string of the molecule is C1CO1.CC(C)(Oc1ccc(C(=O)O)c(O)c1)c1ccccc1. The summed E-state index contributed by atoms with van der Waals surface area (Å²) in [6, 6.07) is 13.8. The van der Waals surface area contributed by atoms with E-state index >= 15 is 0 Å². The van der Waals surface area contributed by atoms with Crippen LogP contribution in [-0.2, 0) is 10.3 Å². The van der Waals surface area contributed by atoms with Crippen molar-refractivity contribution in [3.63, 3.8) is 0 Å². The van der Waals surface area contributed by atoms with E-state index in [9.17, 15) is 9.90 Å². The molecule has 1 aliphatic heterocycles. The standard InChI is InChI=1S/C16H16O4.C2H4O/c1-16(2,11-6-4-3-5-7-11)20-12-8-9-13(15(18)19)14(17)10-12;1-2-3-1/h3-10,17H,1-2H3,(H,18,19);1-2H2. The van der Waals surface area contributed by atoms with Crippen LogP contribution in [0.1, 0.15) is 29.8 Å². The quantitative estimate of drug-likeness (QED) is 0.845. The minimum absolute atomic E-state index is 0.144. The first-order chi connectivity index (χ1) is 10.9. The summed E-state index contributed by atoms with van der Waals surface area (Å²) in [5.41, 5.74) is 0.259. The van der Waals surface area contributed by atoms with Gasteiger partial charge in [-0.25, -0.2) is 4.79 Å². The molecule has 0 saturated carbocycles. The van der Waals surface area contributed by atoms with Crippen molar-refractivity contribution in [3.05, 3.63) is 59.7 Å². The summed E-state index contributed by atoms with van der Waals surface area (Å²) in [4.78, 5) is 10.8. The number of epoxide rings is 1. The van der Waals surface area contributed by atoms with E-state index in [0.29, 0.717) is 5.75 Å². The van der Waals surface area contributed by atoms with Crippen molar-refractivity contribution in [1.82, 2.24) is 0 Å². The van der Waals surface area contributed by atoms with E-state index in [-0.39, 0.29) is 11.3 Å². The third-order valence-electron chi connectivity index (χ3n) is 3.25. The highest BCUT2D eigenvalue weighted by Crippen LogP contribution is 2.30. The van der Waals surface area contributed by atoms with Gasteiger partial charge in [0.15, 0.2) is 0 Å². The number of carbonyl (C=O) groups is 1. The first kappa shape index (κ1) is 16.8. The number of rotatable bonds is 4. The first-order valence-electron chi connectivity index (χ1n) is 7.29. The number of hydrogen-bond donors (Lipinski definition) is 2. The summed E-state index contributed by atoms with van der Waals surface area (Å²) < 4.78 is 10.4. The molecule has 0 unspecified atom stereocenters. The molecule has 0 spiro atoms. The Bertz CT molecular complexity index is 660. The zero-order valence-electron chi connectivity index (χ0n) is 13.2. The Morgan fingerprint density at radius 3 is 2.22 bits per heavy atom. The molecule has 0 amide bonds. The maximum Gasteiger partial charge on any atom is 0.339 e. The summed E-state index contributed by atoms with van der Waals surface area (Å²) in [7, 11) is 0. The van der Waals surface area contributed by atoms with Crippen molar-refractivity contribution < 1.29 is 24.5 Å². The highest BCUT2D eigenvalue weighted by atomic mass is 16.6. The smallest absolute Gasteiger partial charge is 0.339 e. The van der Waals surface area contributed by atoms with Crippen LogP contribution in [0.25, 0.3) is 0 Å². The molecule has 122 valence electrons. The second kappa shape index (κ2) is 7.15. The maximum absolute atomic E-state index is 10.8. The fourth-order valence-corrected chi connectivity index (χ4v) is 1.95. The van der Waals surface area contributed by atoms with Crippen molar-refractivity contribution >= 4 is 5.97 Å². The Balaban J connectivity index is 0.000000572. The van der Waals surface area contributed by atoms with Crippen LogP contribution < -0.4 is 4.74 Å². The molecule has 2 aromatic rings. The molecule has 3 rings (SSSR count). The average molecular weight is 316 g/mol. The first-order valence-corrected chi connectivity index (χ1v) is 7.29. The molecule has 2 aromatic carbocycles. The molecule has 0 aromatic heterocycles. The van der Waals surface area contributed by atoms with Gasteiger partial charge in [-0.1, -0.05) is 30.3 Å². The van der Waals surface area contributed by atoms with Crippen LogP contribution in [0.3, 0.4) is 0 Å². The highest BCUT2D eigenvalue weighted by Gasteiger charge is 2.23. The zero-order chi connectivity index (χ0) is 16.9. The van der Waals surface area contributed by atoms with Crippen LogP contribution in [0, 0.1) is 0 Å². The molecule has 1 aliphatic rings. The van der Waals surface area contributed by atoms with Crippen LogP contribution in [0.4, 0.5) is 0 Å². The normalized spacial score (nSPS) is 12.8. The lowest BCUT2D eigenvalue weighted by Crippen LogP contribution is -2.25. The molecule has 0 bridgehead atoms. The van der Waals surface area contributed by atoms with Gasteiger partial charge in [0.1, 0.15) is 22.7 Å². The zero-order valence-corrected chi connectivity index (χ0v) is 13.2. The lowest BCUT2D eigenvalue weighted by atomic mass is 9.98. The van der Waals surface area contributed by atoms with Gasteiger partial charge in [-0.2, -0.15) is 0 Å². The Labute approximate surface area is 135 Å². The number of carboxylic acid groups (broad SMARTS) is 1. The van der Waals surface area contributed by atoms with E-state index in [1.807, 2.05) is 44.2 Å². The van der Waals surface area contributed by atoms with Crippen molar-refractivity contribution in [1.29, 1.82) is 0 Å². The minimum Gasteiger partial charge on any atom is -0.507 e. The molecule has 0 radical (unpaired) electrons. The van der Waals surface area contributed by atoms with Gasteiger partial charge in [-0.15, -0.1) is 0 Å². The number of aromatic carboxylic acids is 1. The van der Waals surface area contributed by atoms with Gasteiger partial charge in [0, 0.05) is 6.07 Å². The van der Waals surface area contributed by atoms with Gasteiger partial charge >= 0.3 is 5.97 Å². The van der Waals surface area contributed by atoms with Crippen LogP contribution in [0.2, 0.25) is 0 Å². The monoisotopic (exact) mass is 316 g/mol. The summed E-state index contributed by atoms with van der Waals surface area (Å²) in [6.45, 7) is 5.81. The molecule has 5 nitrogen and oxygen atoms in total. The number of aromatic hydroxyl groups is 1. The Morgan fingerprint density at radius 1 is 1.13 bits per heavy atom. The number of benzene rings is 2. The van der Waals surface area contributed by atoms with Crippen LogP contribution in [0.15, 0.2) is 48.5 Å². The van der Waals surface area contributed by atoms with Crippen LogP contribution in [-0.4, -0.2) is 29.4 Å². The average Bonchev–Trinajstić information content (AvgIpc) is 3.36. The molecule has 1 saturated heterocycles. The summed E-state index contributed by atoms with van der Waals surface area (Å²) in [5, 5.41) is 18.5. The predicted molar refractivity (Wildman–Crippen MR) is 86.0 cm³/mol. The predicted octanol–water partition coefficient (Wildman–Crippen LogP) is 3.42. The summed E-state index contributed by atoms with van der Waals surface area (Å²) >= 11 is 0. The van der Waals surface area contributed by atoms with E-state index in [1.165, 1.54) is 18.2 Å². The van der Waals surface area contributed by atoms with E-state index in [0.717, 1.165) is 18.8 Å². The van der Waals surface area contributed by atoms with Crippen molar-refractivity contribution in [2.45, 2.75) is 19.4 Å². The van der Waals surface area contributed by atoms with Crippen molar-refractivity contribution in [2.75, 3.05) is 13.2 Å². The summed E-state index contributed by atoms with van der Waals surface area (Å²) in [6.07, 6.45) is 0. The third-order valence-corrected chi connectivity index (χ3v) is 3.25. The largest absolute Gasteiger partial charge is 0.507 e. The van der Waals surface area contributed by atoms with Gasteiger partial charge < -0.3 is 19.7 Å². The highest BCUT2D eigenvalue weighted by molar-refractivity contribution is 5.90. The van der Waals surface area contributed by atoms with Crippen molar-refractivity contribution in [2.24, 2.45) is 0 Å². The number of hydrogen-bond acceptors (Lipinski definition) is 4. The lowest BCUT2D eigenvalue weighted by molar-refractivity contribution is 0.0693. The molecule has 23 heavy (non-hydrogen) atoms. The molecule has 1 heterocycles. The van der Waals surface area contributed by atoms with Gasteiger partial charge in [0.05, 0.1) is 13.2 Å². The molecule has 0 atom stereocenters. The van der Waals surface area contributed by atoms with Gasteiger partial charge in [-0.3, -0.25) is 0 Å². The maximum atomic E-state index is 10.8. The molecular formula is C18H20O5. The van der Waals surface area contributed by atoms with E-state index < -0.39 is 11.6 Å². The van der Waals surface area contributed by atoms with Gasteiger partial charge in [-0.05, 0) is 31.5 Å². The second-order valence-electron chi connectivity index (χ2n) is 5.57. The molecular weight excluding hydrogens is 296 g/mol. The van der Waals surface area contributed by atoms with Crippen LogP contribution in [0.5, 0.6) is 11.5 Å². The van der Waals surface area contributed by atoms with E-state index in [4.69, 9.17) is 9.84 Å². The topological polar surface area (TPSA) is 79.3 Å². The van der Waals surface area contributed by atoms with Crippen LogP contribution >= 0.6 is 0 Å². The molecule has 5 heteroatoms.